The van der Waals surface area contributed by atoms with Crippen molar-refractivity contribution in [3.05, 3.63) is 28.8 Å². The van der Waals surface area contributed by atoms with Crippen LogP contribution in [-0.2, 0) is 26.2 Å². The largest absolute Gasteiger partial charge is 0.382 e. The first-order valence-corrected chi connectivity index (χ1v) is 10.9. The van der Waals surface area contributed by atoms with Crippen LogP contribution in [0.3, 0.4) is 0 Å². The molecule has 1 saturated heterocycles. The first-order valence-electron chi connectivity index (χ1n) is 8.71. The molecule has 0 saturated carbocycles. The van der Waals surface area contributed by atoms with Gasteiger partial charge in [-0.05, 0) is 37.0 Å². The molecule has 1 aliphatic rings. The Kier molecular flexibility index (Phi) is 7.32. The van der Waals surface area contributed by atoms with Crippen LogP contribution in [0.2, 0.25) is 5.02 Å². The first kappa shape index (κ1) is 21.0. The molecule has 6 nitrogen and oxygen atoms in total. The Morgan fingerprint density at radius 2 is 2.15 bits per heavy atom. The van der Waals surface area contributed by atoms with Crippen LogP contribution in [0.25, 0.3) is 0 Å². The van der Waals surface area contributed by atoms with Crippen LogP contribution in [0.4, 0.5) is 0 Å². The third-order valence-electron chi connectivity index (χ3n) is 4.01. The van der Waals surface area contributed by atoms with E-state index < -0.39 is 10.1 Å². The number of carbonyl (C=O) groups is 1. The summed E-state index contributed by atoms with van der Waals surface area (Å²) in [7, 11) is -3.68. The minimum absolute atomic E-state index is 0.000723. The van der Waals surface area contributed by atoms with Crippen molar-refractivity contribution in [2.24, 2.45) is 5.92 Å². The Labute approximate surface area is 160 Å². The highest BCUT2D eigenvalue weighted by Crippen LogP contribution is 2.27. The fourth-order valence-corrected chi connectivity index (χ4v) is 3.57. The zero-order valence-corrected chi connectivity index (χ0v) is 17.0. The van der Waals surface area contributed by atoms with Gasteiger partial charge in [0.05, 0.1) is 12.4 Å². The Morgan fingerprint density at radius 3 is 2.73 bits per heavy atom. The maximum atomic E-state index is 12.7. The third-order valence-corrected chi connectivity index (χ3v) is 4.73. The Morgan fingerprint density at radius 1 is 1.42 bits per heavy atom. The molecular formula is C18H26ClNO5S. The summed E-state index contributed by atoms with van der Waals surface area (Å²) in [5.74, 6) is 0.410. The van der Waals surface area contributed by atoms with E-state index in [-0.39, 0.29) is 30.2 Å². The lowest BCUT2D eigenvalue weighted by atomic mass is 10.1. The number of hydrogen-bond acceptors (Lipinski definition) is 5. The predicted molar refractivity (Wildman–Crippen MR) is 101 cm³/mol. The van der Waals surface area contributed by atoms with Crippen LogP contribution >= 0.6 is 11.6 Å². The molecule has 2 rings (SSSR count). The van der Waals surface area contributed by atoms with Crippen molar-refractivity contribution in [2.75, 3.05) is 19.4 Å². The molecule has 1 amide bonds. The molecule has 1 aliphatic heterocycles. The second kappa shape index (κ2) is 9.06. The monoisotopic (exact) mass is 403 g/mol. The average Bonchev–Trinajstić information content (AvgIpc) is 3.00. The molecule has 0 spiro atoms. The highest BCUT2D eigenvalue weighted by Gasteiger charge is 2.24. The standard InChI is InChI=1S/C18H26ClNO5S/c1-13(2)9-18(21)20(12-16-5-4-8-24-16)11-14-10-15(19)6-7-17(14)25-26(3,22)23/h6-7,10,13,16H,4-5,8-9,11-12H2,1-3H3/t16-/m1/s1. The lowest BCUT2D eigenvalue weighted by molar-refractivity contribution is -0.134. The van der Waals surface area contributed by atoms with Gasteiger partial charge < -0.3 is 13.8 Å². The van der Waals surface area contributed by atoms with Crippen molar-refractivity contribution >= 4 is 27.6 Å². The van der Waals surface area contributed by atoms with E-state index in [1.807, 2.05) is 13.8 Å². The third kappa shape index (κ3) is 6.78. The molecule has 1 fully saturated rings. The molecule has 0 unspecified atom stereocenters. The predicted octanol–water partition coefficient (Wildman–Crippen LogP) is 3.23. The van der Waals surface area contributed by atoms with Gasteiger partial charge in [-0.15, -0.1) is 0 Å². The van der Waals surface area contributed by atoms with Gasteiger partial charge in [0.25, 0.3) is 0 Å². The number of ether oxygens (including phenoxy) is 1. The van der Waals surface area contributed by atoms with Crippen molar-refractivity contribution < 1.29 is 22.1 Å². The van der Waals surface area contributed by atoms with Gasteiger partial charge in [0.1, 0.15) is 5.75 Å². The topological polar surface area (TPSA) is 72.9 Å². The molecular weight excluding hydrogens is 378 g/mol. The number of carbonyl (C=O) groups excluding carboxylic acids is 1. The minimum atomic E-state index is -3.68. The van der Waals surface area contributed by atoms with Gasteiger partial charge in [0, 0.05) is 36.7 Å². The summed E-state index contributed by atoms with van der Waals surface area (Å²) in [5.41, 5.74) is 0.554. The zero-order chi connectivity index (χ0) is 19.3. The van der Waals surface area contributed by atoms with Gasteiger partial charge >= 0.3 is 10.1 Å². The molecule has 0 bridgehead atoms. The molecule has 1 aromatic carbocycles. The van der Waals surface area contributed by atoms with E-state index in [0.717, 1.165) is 19.1 Å². The summed E-state index contributed by atoms with van der Waals surface area (Å²) < 4.78 is 33.8. The second-order valence-corrected chi connectivity index (χ2v) is 9.06. The summed E-state index contributed by atoms with van der Waals surface area (Å²) in [4.78, 5) is 14.4. The molecule has 0 radical (unpaired) electrons. The Hall–Kier alpha value is -1.31. The number of rotatable bonds is 8. The van der Waals surface area contributed by atoms with Gasteiger partial charge in [-0.2, -0.15) is 8.42 Å². The molecule has 26 heavy (non-hydrogen) atoms. The van der Waals surface area contributed by atoms with Crippen molar-refractivity contribution in [1.82, 2.24) is 4.90 Å². The van der Waals surface area contributed by atoms with Crippen LogP contribution in [0.15, 0.2) is 18.2 Å². The van der Waals surface area contributed by atoms with E-state index in [0.29, 0.717) is 30.2 Å². The number of benzene rings is 1. The SMILES string of the molecule is CC(C)CC(=O)N(Cc1cc(Cl)ccc1OS(C)(=O)=O)C[C@H]1CCCO1. The molecule has 0 N–H and O–H groups in total. The van der Waals surface area contributed by atoms with Crippen molar-refractivity contribution in [1.29, 1.82) is 0 Å². The lowest BCUT2D eigenvalue weighted by Crippen LogP contribution is -2.37. The van der Waals surface area contributed by atoms with Crippen LogP contribution in [0.5, 0.6) is 5.75 Å². The van der Waals surface area contributed by atoms with E-state index in [4.69, 9.17) is 20.5 Å². The van der Waals surface area contributed by atoms with E-state index in [2.05, 4.69) is 0 Å². The van der Waals surface area contributed by atoms with Gasteiger partial charge in [-0.3, -0.25) is 4.79 Å². The van der Waals surface area contributed by atoms with Crippen LogP contribution in [-0.4, -0.2) is 44.7 Å². The number of hydrogen-bond donors (Lipinski definition) is 0. The van der Waals surface area contributed by atoms with Crippen molar-refractivity contribution in [3.63, 3.8) is 0 Å². The van der Waals surface area contributed by atoms with Gasteiger partial charge in [0.2, 0.25) is 5.91 Å². The molecule has 1 atom stereocenters. The lowest BCUT2D eigenvalue weighted by Gasteiger charge is -2.27. The summed E-state index contributed by atoms with van der Waals surface area (Å²) in [6.45, 7) is 5.36. The number of nitrogens with zero attached hydrogens (tertiary/aromatic N) is 1. The fourth-order valence-electron chi connectivity index (χ4n) is 2.89. The van der Waals surface area contributed by atoms with Gasteiger partial charge in [-0.1, -0.05) is 25.4 Å². The molecule has 0 aromatic heterocycles. The highest BCUT2D eigenvalue weighted by molar-refractivity contribution is 7.86. The van der Waals surface area contributed by atoms with E-state index in [9.17, 15) is 13.2 Å². The summed E-state index contributed by atoms with van der Waals surface area (Å²) in [5, 5.41) is 0.453. The summed E-state index contributed by atoms with van der Waals surface area (Å²) >= 11 is 6.07. The van der Waals surface area contributed by atoms with E-state index in [1.54, 1.807) is 17.0 Å². The molecule has 0 aliphatic carbocycles. The Balaban J connectivity index is 2.25. The van der Waals surface area contributed by atoms with E-state index >= 15 is 0 Å². The normalized spacial score (nSPS) is 17.5. The smallest absolute Gasteiger partial charge is 0.306 e. The molecule has 1 aromatic rings. The quantitative estimate of drug-likeness (QED) is 0.623. The van der Waals surface area contributed by atoms with Crippen LogP contribution in [0, 0.1) is 5.92 Å². The van der Waals surface area contributed by atoms with Crippen molar-refractivity contribution in [3.8, 4) is 5.75 Å². The van der Waals surface area contributed by atoms with Gasteiger partial charge in [0.15, 0.2) is 0 Å². The summed E-state index contributed by atoms with van der Waals surface area (Å²) in [6, 6.07) is 4.70. The maximum absolute atomic E-state index is 12.7. The minimum Gasteiger partial charge on any atom is -0.382 e. The Bertz CT molecular complexity index is 729. The maximum Gasteiger partial charge on any atom is 0.306 e. The zero-order valence-electron chi connectivity index (χ0n) is 15.4. The van der Waals surface area contributed by atoms with E-state index in [1.165, 1.54) is 6.07 Å². The fraction of sp³-hybridized carbons (Fsp3) is 0.611. The van der Waals surface area contributed by atoms with Gasteiger partial charge in [-0.25, -0.2) is 0 Å². The second-order valence-electron chi connectivity index (χ2n) is 7.05. The average molecular weight is 404 g/mol. The number of amides is 1. The highest BCUT2D eigenvalue weighted by atomic mass is 35.5. The molecule has 146 valence electrons. The molecule has 8 heteroatoms. The van der Waals surface area contributed by atoms with Crippen molar-refractivity contribution in [2.45, 2.75) is 45.8 Å². The number of halogens is 1. The molecule has 1 heterocycles. The van der Waals surface area contributed by atoms with Crippen LogP contribution in [0.1, 0.15) is 38.7 Å². The summed E-state index contributed by atoms with van der Waals surface area (Å²) in [6.07, 6.45) is 3.30. The first-order chi connectivity index (χ1) is 12.1. The van der Waals surface area contributed by atoms with Crippen LogP contribution < -0.4 is 4.18 Å².